The van der Waals surface area contributed by atoms with E-state index >= 15 is 0 Å². The van der Waals surface area contributed by atoms with Crippen molar-refractivity contribution < 1.29 is 4.79 Å². The summed E-state index contributed by atoms with van der Waals surface area (Å²) in [6.45, 7) is 7.14. The summed E-state index contributed by atoms with van der Waals surface area (Å²) in [7, 11) is 0. The first-order valence-electron chi connectivity index (χ1n) is 7.67. The molecule has 0 saturated heterocycles. The molecule has 0 aromatic rings. The highest BCUT2D eigenvalue weighted by Gasteiger charge is 2.14. The standard InChI is InChI=1S/C15H32N2O/c1-4-7-8-9-10-11-15(18)17-12-14(16)13(5-2)6-3/h13-14H,4-12,16H2,1-3H3,(H,17,18). The zero-order valence-corrected chi connectivity index (χ0v) is 12.5. The first-order chi connectivity index (χ1) is 8.65. The van der Waals surface area contributed by atoms with Crippen LogP contribution in [0, 0.1) is 5.92 Å². The number of hydrogen-bond donors (Lipinski definition) is 2. The van der Waals surface area contributed by atoms with E-state index in [4.69, 9.17) is 5.73 Å². The van der Waals surface area contributed by atoms with Crippen LogP contribution in [0.3, 0.4) is 0 Å². The number of nitrogens with one attached hydrogen (secondary N) is 1. The number of unbranched alkanes of at least 4 members (excludes halogenated alkanes) is 4. The van der Waals surface area contributed by atoms with Gasteiger partial charge in [0.05, 0.1) is 0 Å². The molecule has 3 N–H and O–H groups in total. The molecule has 0 aromatic carbocycles. The molecule has 0 aliphatic heterocycles. The van der Waals surface area contributed by atoms with E-state index in [0.29, 0.717) is 18.9 Å². The van der Waals surface area contributed by atoms with Gasteiger partial charge in [0.1, 0.15) is 0 Å². The zero-order valence-electron chi connectivity index (χ0n) is 12.5. The Bertz CT molecular complexity index is 203. The molecular weight excluding hydrogens is 224 g/mol. The van der Waals surface area contributed by atoms with E-state index < -0.39 is 0 Å². The number of carbonyl (C=O) groups excluding carboxylic acids is 1. The van der Waals surface area contributed by atoms with Crippen molar-refractivity contribution >= 4 is 5.91 Å². The van der Waals surface area contributed by atoms with Crippen molar-refractivity contribution in [3.63, 3.8) is 0 Å². The minimum absolute atomic E-state index is 0.101. The molecule has 0 saturated carbocycles. The van der Waals surface area contributed by atoms with Gasteiger partial charge in [-0.2, -0.15) is 0 Å². The number of rotatable bonds is 11. The summed E-state index contributed by atoms with van der Waals surface area (Å²) in [4.78, 5) is 11.6. The summed E-state index contributed by atoms with van der Waals surface area (Å²) in [5, 5.41) is 2.96. The first-order valence-corrected chi connectivity index (χ1v) is 7.67. The van der Waals surface area contributed by atoms with Gasteiger partial charge < -0.3 is 11.1 Å². The van der Waals surface area contributed by atoms with Crippen molar-refractivity contribution in [3.8, 4) is 0 Å². The molecule has 0 fully saturated rings. The summed E-state index contributed by atoms with van der Waals surface area (Å²) < 4.78 is 0. The Kier molecular flexibility index (Phi) is 11.2. The van der Waals surface area contributed by atoms with Gasteiger partial charge in [-0.25, -0.2) is 0 Å². The Morgan fingerprint density at radius 2 is 1.67 bits per heavy atom. The second-order valence-corrected chi connectivity index (χ2v) is 5.21. The maximum atomic E-state index is 11.6. The van der Waals surface area contributed by atoms with Gasteiger partial charge in [-0.05, 0) is 12.3 Å². The smallest absolute Gasteiger partial charge is 0.220 e. The zero-order chi connectivity index (χ0) is 13.8. The Labute approximate surface area is 113 Å². The SMILES string of the molecule is CCCCCCCC(=O)NCC(N)C(CC)CC. The monoisotopic (exact) mass is 256 g/mol. The number of hydrogen-bond acceptors (Lipinski definition) is 2. The summed E-state index contributed by atoms with van der Waals surface area (Å²) in [5.74, 6) is 0.683. The molecule has 3 heteroatoms. The predicted molar refractivity (Wildman–Crippen MR) is 78.4 cm³/mol. The van der Waals surface area contributed by atoms with Gasteiger partial charge in [-0.3, -0.25) is 4.79 Å². The van der Waals surface area contributed by atoms with Gasteiger partial charge in [-0.15, -0.1) is 0 Å². The highest BCUT2D eigenvalue weighted by molar-refractivity contribution is 5.75. The van der Waals surface area contributed by atoms with Gasteiger partial charge >= 0.3 is 0 Å². The van der Waals surface area contributed by atoms with E-state index in [1.54, 1.807) is 0 Å². The molecule has 1 unspecified atom stereocenters. The number of carbonyl (C=O) groups is 1. The van der Waals surface area contributed by atoms with E-state index in [9.17, 15) is 4.79 Å². The van der Waals surface area contributed by atoms with Crippen LogP contribution in [0.15, 0.2) is 0 Å². The molecule has 0 aliphatic rings. The maximum Gasteiger partial charge on any atom is 0.220 e. The van der Waals surface area contributed by atoms with Crippen molar-refractivity contribution in [3.05, 3.63) is 0 Å². The first kappa shape index (κ1) is 17.4. The summed E-state index contributed by atoms with van der Waals surface area (Å²) in [5.41, 5.74) is 6.07. The lowest BCUT2D eigenvalue weighted by Gasteiger charge is -2.21. The Morgan fingerprint density at radius 1 is 1.06 bits per heavy atom. The number of nitrogens with two attached hydrogens (primary N) is 1. The molecule has 1 amide bonds. The van der Waals surface area contributed by atoms with Gasteiger partial charge in [-0.1, -0.05) is 59.3 Å². The van der Waals surface area contributed by atoms with E-state index in [0.717, 1.165) is 19.3 Å². The molecule has 0 rings (SSSR count). The molecule has 3 nitrogen and oxygen atoms in total. The highest BCUT2D eigenvalue weighted by Crippen LogP contribution is 2.10. The van der Waals surface area contributed by atoms with Gasteiger partial charge in [0, 0.05) is 19.0 Å². The summed E-state index contributed by atoms with van der Waals surface area (Å²) in [6.07, 6.45) is 8.77. The number of amides is 1. The molecular formula is C15H32N2O. The molecule has 0 radical (unpaired) electrons. The highest BCUT2D eigenvalue weighted by atomic mass is 16.1. The van der Waals surface area contributed by atoms with Crippen LogP contribution in [-0.4, -0.2) is 18.5 Å². The quantitative estimate of drug-likeness (QED) is 0.558. The molecule has 0 bridgehead atoms. The molecule has 108 valence electrons. The van der Waals surface area contributed by atoms with E-state index in [-0.39, 0.29) is 11.9 Å². The van der Waals surface area contributed by atoms with Crippen molar-refractivity contribution in [2.24, 2.45) is 11.7 Å². The third kappa shape index (κ3) is 8.51. The van der Waals surface area contributed by atoms with Crippen molar-refractivity contribution in [1.29, 1.82) is 0 Å². The predicted octanol–water partition coefficient (Wildman–Crippen LogP) is 3.23. The van der Waals surface area contributed by atoms with Gasteiger partial charge in [0.2, 0.25) is 5.91 Å². The fraction of sp³-hybridized carbons (Fsp3) is 0.933. The molecule has 0 aromatic heterocycles. The third-order valence-corrected chi connectivity index (χ3v) is 3.70. The van der Waals surface area contributed by atoms with E-state index in [2.05, 4.69) is 26.1 Å². The van der Waals surface area contributed by atoms with Crippen molar-refractivity contribution in [2.75, 3.05) is 6.54 Å². The minimum atomic E-state index is 0.101. The van der Waals surface area contributed by atoms with Gasteiger partial charge in [0.25, 0.3) is 0 Å². The molecule has 18 heavy (non-hydrogen) atoms. The lowest BCUT2D eigenvalue weighted by molar-refractivity contribution is -0.121. The lowest BCUT2D eigenvalue weighted by Crippen LogP contribution is -2.41. The normalized spacial score (nSPS) is 12.7. The van der Waals surface area contributed by atoms with Crippen LogP contribution < -0.4 is 11.1 Å². The average molecular weight is 256 g/mol. The molecule has 1 atom stereocenters. The Morgan fingerprint density at radius 3 is 2.22 bits per heavy atom. The summed E-state index contributed by atoms with van der Waals surface area (Å²) >= 11 is 0. The van der Waals surface area contributed by atoms with Crippen LogP contribution in [0.1, 0.15) is 72.1 Å². The maximum absolute atomic E-state index is 11.6. The second kappa shape index (κ2) is 11.5. The summed E-state index contributed by atoms with van der Waals surface area (Å²) in [6, 6.07) is 0.101. The van der Waals surface area contributed by atoms with Crippen LogP contribution in [0.25, 0.3) is 0 Å². The largest absolute Gasteiger partial charge is 0.355 e. The van der Waals surface area contributed by atoms with Crippen LogP contribution in [-0.2, 0) is 4.79 Å². The average Bonchev–Trinajstić information content (AvgIpc) is 2.37. The van der Waals surface area contributed by atoms with Crippen LogP contribution in [0.5, 0.6) is 0 Å². The van der Waals surface area contributed by atoms with Crippen LogP contribution in [0.4, 0.5) is 0 Å². The fourth-order valence-electron chi connectivity index (χ4n) is 2.27. The molecule has 0 aliphatic carbocycles. The van der Waals surface area contributed by atoms with Crippen molar-refractivity contribution in [1.82, 2.24) is 5.32 Å². The minimum Gasteiger partial charge on any atom is -0.355 e. The van der Waals surface area contributed by atoms with Crippen molar-refractivity contribution in [2.45, 2.75) is 78.2 Å². The molecule has 0 heterocycles. The molecule has 0 spiro atoms. The fourth-order valence-corrected chi connectivity index (χ4v) is 2.27. The van der Waals surface area contributed by atoms with Gasteiger partial charge in [0.15, 0.2) is 0 Å². The van der Waals surface area contributed by atoms with Crippen LogP contribution >= 0.6 is 0 Å². The Balaban J connectivity index is 3.57. The topological polar surface area (TPSA) is 55.1 Å². The Hall–Kier alpha value is -0.570. The van der Waals surface area contributed by atoms with Crippen LogP contribution in [0.2, 0.25) is 0 Å². The third-order valence-electron chi connectivity index (χ3n) is 3.70. The second-order valence-electron chi connectivity index (χ2n) is 5.21. The van der Waals surface area contributed by atoms with E-state index in [1.807, 2.05) is 0 Å². The lowest BCUT2D eigenvalue weighted by atomic mass is 9.95. The van der Waals surface area contributed by atoms with E-state index in [1.165, 1.54) is 25.7 Å².